The van der Waals surface area contributed by atoms with E-state index < -0.39 is 0 Å². The van der Waals surface area contributed by atoms with Gasteiger partial charge in [0.05, 0.1) is 23.4 Å². The van der Waals surface area contributed by atoms with Crippen LogP contribution in [0.15, 0.2) is 20.9 Å². The molecule has 1 aliphatic heterocycles. The lowest BCUT2D eigenvalue weighted by molar-refractivity contribution is -0.145. The second-order valence-electron chi connectivity index (χ2n) is 5.39. The van der Waals surface area contributed by atoms with Crippen molar-refractivity contribution >= 4 is 39.2 Å². The van der Waals surface area contributed by atoms with Crippen molar-refractivity contribution in [1.29, 1.82) is 0 Å². The molecule has 0 spiro atoms. The second kappa shape index (κ2) is 7.97. The molecule has 2 heterocycles. The third-order valence-electron chi connectivity index (χ3n) is 3.76. The molecule has 2 rings (SSSR count). The van der Waals surface area contributed by atoms with E-state index in [0.717, 1.165) is 22.8 Å². The Morgan fingerprint density at radius 2 is 2.32 bits per heavy atom. The summed E-state index contributed by atoms with van der Waals surface area (Å²) in [5.74, 6) is 0.926. The molecule has 1 saturated heterocycles. The number of thiophene rings is 1. The fraction of sp³-hybridized carbons (Fsp3) is 0.600. The van der Waals surface area contributed by atoms with E-state index in [1.165, 1.54) is 12.0 Å². The molecule has 0 radical (unpaired) electrons. The highest BCUT2D eigenvalue weighted by atomic mass is 79.9. The van der Waals surface area contributed by atoms with Crippen molar-refractivity contribution in [3.63, 3.8) is 0 Å². The second-order valence-corrected chi connectivity index (χ2v) is 7.94. The van der Waals surface area contributed by atoms with Crippen LogP contribution in [0.1, 0.15) is 18.7 Å². The highest BCUT2D eigenvalue weighted by Gasteiger charge is 2.36. The van der Waals surface area contributed by atoms with Gasteiger partial charge in [-0.2, -0.15) is 0 Å². The average Bonchev–Trinajstić information content (AvgIpc) is 3.08. The van der Waals surface area contributed by atoms with E-state index in [-0.39, 0.29) is 17.8 Å². The zero-order chi connectivity index (χ0) is 16.1. The van der Waals surface area contributed by atoms with Gasteiger partial charge in [-0.25, -0.2) is 4.99 Å². The van der Waals surface area contributed by atoms with Crippen molar-refractivity contribution in [3.8, 4) is 0 Å². The number of rotatable bonds is 4. The van der Waals surface area contributed by atoms with Crippen molar-refractivity contribution in [2.75, 3.05) is 26.7 Å². The van der Waals surface area contributed by atoms with Crippen molar-refractivity contribution in [2.24, 2.45) is 16.8 Å². The number of hydrogen-bond donors (Lipinski definition) is 1. The number of aliphatic imine (C=N–C) groups is 1. The molecule has 7 heteroatoms. The van der Waals surface area contributed by atoms with Crippen molar-refractivity contribution < 1.29 is 9.53 Å². The van der Waals surface area contributed by atoms with Gasteiger partial charge < -0.3 is 15.0 Å². The number of hydrogen-bond acceptors (Lipinski definition) is 4. The molecule has 0 saturated carbocycles. The minimum atomic E-state index is -0.131. The molecule has 2 atom stereocenters. The molecule has 0 aliphatic carbocycles. The van der Waals surface area contributed by atoms with Gasteiger partial charge in [0.2, 0.25) is 0 Å². The van der Waals surface area contributed by atoms with Gasteiger partial charge in [0.25, 0.3) is 0 Å². The SMILES string of the molecule is CCNC(=NCc1ccc(Br)s1)N1CC(C)C(C(=O)OC)C1. The van der Waals surface area contributed by atoms with Crippen molar-refractivity contribution in [3.05, 3.63) is 20.8 Å². The Morgan fingerprint density at radius 3 is 2.91 bits per heavy atom. The van der Waals surface area contributed by atoms with E-state index in [1.807, 2.05) is 6.07 Å². The van der Waals surface area contributed by atoms with Crippen LogP contribution >= 0.6 is 27.3 Å². The van der Waals surface area contributed by atoms with Crippen molar-refractivity contribution in [2.45, 2.75) is 20.4 Å². The molecule has 22 heavy (non-hydrogen) atoms. The Labute approximate surface area is 143 Å². The van der Waals surface area contributed by atoms with Crippen LogP contribution in [0.3, 0.4) is 0 Å². The molecule has 1 fully saturated rings. The highest BCUT2D eigenvalue weighted by molar-refractivity contribution is 9.11. The minimum Gasteiger partial charge on any atom is -0.469 e. The van der Waals surface area contributed by atoms with Gasteiger partial charge in [0.1, 0.15) is 0 Å². The van der Waals surface area contributed by atoms with Gasteiger partial charge in [-0.1, -0.05) is 6.92 Å². The van der Waals surface area contributed by atoms with Crippen LogP contribution in [0.4, 0.5) is 0 Å². The lowest BCUT2D eigenvalue weighted by Gasteiger charge is -2.21. The Morgan fingerprint density at radius 1 is 1.55 bits per heavy atom. The van der Waals surface area contributed by atoms with Gasteiger partial charge in [-0.15, -0.1) is 11.3 Å². The van der Waals surface area contributed by atoms with Gasteiger partial charge in [-0.05, 0) is 40.9 Å². The molecule has 0 bridgehead atoms. The van der Waals surface area contributed by atoms with E-state index >= 15 is 0 Å². The van der Waals surface area contributed by atoms with E-state index in [2.05, 4.69) is 46.1 Å². The quantitative estimate of drug-likeness (QED) is 0.490. The number of nitrogens with one attached hydrogen (secondary N) is 1. The first kappa shape index (κ1) is 17.3. The number of carbonyl (C=O) groups excluding carboxylic acids is 1. The van der Waals surface area contributed by atoms with E-state index in [1.54, 1.807) is 11.3 Å². The van der Waals surface area contributed by atoms with Crippen LogP contribution in [0, 0.1) is 11.8 Å². The van der Waals surface area contributed by atoms with Crippen molar-refractivity contribution in [1.82, 2.24) is 10.2 Å². The van der Waals surface area contributed by atoms with E-state index in [0.29, 0.717) is 13.1 Å². The molecule has 2 unspecified atom stereocenters. The number of methoxy groups -OCH3 is 1. The minimum absolute atomic E-state index is 0.0789. The zero-order valence-corrected chi connectivity index (χ0v) is 15.5. The van der Waals surface area contributed by atoms with Crippen LogP contribution in [0.25, 0.3) is 0 Å². The first-order chi connectivity index (χ1) is 10.5. The standard InChI is InChI=1S/C15H22BrN3O2S/c1-4-17-15(18-7-11-5-6-13(16)22-11)19-8-10(2)12(9-19)14(20)21-3/h5-6,10,12H,4,7-9H2,1-3H3,(H,17,18). The Kier molecular flexibility index (Phi) is 6.26. The smallest absolute Gasteiger partial charge is 0.310 e. The maximum absolute atomic E-state index is 11.8. The molecule has 122 valence electrons. The van der Waals surface area contributed by atoms with Gasteiger partial charge >= 0.3 is 5.97 Å². The molecule has 1 aromatic rings. The summed E-state index contributed by atoms with van der Waals surface area (Å²) in [7, 11) is 1.45. The predicted molar refractivity (Wildman–Crippen MR) is 93.1 cm³/mol. The summed E-state index contributed by atoms with van der Waals surface area (Å²) >= 11 is 5.16. The predicted octanol–water partition coefficient (Wildman–Crippen LogP) is 2.72. The van der Waals surface area contributed by atoms with Crippen LogP contribution in [0.5, 0.6) is 0 Å². The zero-order valence-electron chi connectivity index (χ0n) is 13.1. The lowest BCUT2D eigenvalue weighted by atomic mass is 9.99. The summed E-state index contributed by atoms with van der Waals surface area (Å²) in [4.78, 5) is 19.9. The first-order valence-corrected chi connectivity index (χ1v) is 9.01. The summed E-state index contributed by atoms with van der Waals surface area (Å²) in [5.41, 5.74) is 0. The fourth-order valence-electron chi connectivity index (χ4n) is 2.61. The van der Waals surface area contributed by atoms with Crippen LogP contribution in [-0.4, -0.2) is 43.6 Å². The summed E-state index contributed by atoms with van der Waals surface area (Å²) < 4.78 is 6.01. The molecule has 0 aromatic carbocycles. The number of esters is 1. The molecule has 1 aliphatic rings. The molecule has 1 N–H and O–H groups in total. The number of guanidine groups is 1. The largest absolute Gasteiger partial charge is 0.469 e. The Balaban J connectivity index is 2.06. The normalized spacial score (nSPS) is 22.0. The van der Waals surface area contributed by atoms with Crippen LogP contribution < -0.4 is 5.32 Å². The molecule has 1 aromatic heterocycles. The van der Waals surface area contributed by atoms with Crippen LogP contribution in [0.2, 0.25) is 0 Å². The summed E-state index contributed by atoms with van der Waals surface area (Å²) in [6, 6.07) is 4.11. The number of nitrogens with zero attached hydrogens (tertiary/aromatic N) is 2. The number of halogens is 1. The third kappa shape index (κ3) is 4.23. The molecular formula is C15H22BrN3O2S. The summed E-state index contributed by atoms with van der Waals surface area (Å²) in [5, 5.41) is 3.32. The van der Waals surface area contributed by atoms with Gasteiger partial charge in [0.15, 0.2) is 5.96 Å². The fourth-order valence-corrected chi connectivity index (χ4v) is 4.02. The maximum atomic E-state index is 11.8. The summed E-state index contributed by atoms with van der Waals surface area (Å²) in [6.07, 6.45) is 0. The Bertz CT molecular complexity index is 547. The molecule has 0 amide bonds. The lowest BCUT2D eigenvalue weighted by Crippen LogP contribution is -2.40. The van der Waals surface area contributed by atoms with Gasteiger partial charge in [0, 0.05) is 24.5 Å². The monoisotopic (exact) mass is 387 g/mol. The van der Waals surface area contributed by atoms with E-state index in [9.17, 15) is 4.79 Å². The Hall–Kier alpha value is -1.08. The molecule has 5 nitrogen and oxygen atoms in total. The molecular weight excluding hydrogens is 366 g/mol. The number of likely N-dealkylation sites (tertiary alicyclic amines) is 1. The first-order valence-electron chi connectivity index (χ1n) is 7.40. The maximum Gasteiger partial charge on any atom is 0.310 e. The van der Waals surface area contributed by atoms with E-state index in [4.69, 9.17) is 9.73 Å². The average molecular weight is 388 g/mol. The number of ether oxygens (including phenoxy) is 1. The summed E-state index contributed by atoms with van der Waals surface area (Å²) in [6.45, 7) is 7.07. The van der Waals surface area contributed by atoms with Crippen LogP contribution in [-0.2, 0) is 16.1 Å². The van der Waals surface area contributed by atoms with Gasteiger partial charge in [-0.3, -0.25) is 4.79 Å². The highest BCUT2D eigenvalue weighted by Crippen LogP contribution is 2.25. The third-order valence-corrected chi connectivity index (χ3v) is 5.37. The topological polar surface area (TPSA) is 53.9 Å². The number of carbonyl (C=O) groups is 1.